The first-order chi connectivity index (χ1) is 28.2. The van der Waals surface area contributed by atoms with Gasteiger partial charge in [0.1, 0.15) is 0 Å². The zero-order valence-corrected chi connectivity index (χ0v) is 32.0. The Hall–Kier alpha value is -6.94. The number of hydrogen-bond donors (Lipinski definition) is 0. The lowest BCUT2D eigenvalue weighted by atomic mass is 9.93. The number of allylic oxidation sites excluding steroid dienone is 3. The normalized spacial score (nSPS) is 15.3. The molecule has 11 aromatic rings. The molecule has 0 amide bonds. The van der Waals surface area contributed by atoms with E-state index in [1.165, 1.54) is 90.8 Å². The predicted octanol–water partition coefficient (Wildman–Crippen LogP) is 13.1. The van der Waals surface area contributed by atoms with Crippen LogP contribution in [-0.4, -0.2) is 10.4 Å². The molecule has 268 valence electrons. The number of benzene rings is 8. The smallest absolute Gasteiger partial charge is 0.0620 e. The maximum Gasteiger partial charge on any atom is 0.0620 e. The lowest BCUT2D eigenvalue weighted by Crippen LogP contribution is -2.29. The predicted molar refractivity (Wildman–Crippen MR) is 248 cm³/mol. The quantitative estimate of drug-likeness (QED) is 0.159. The van der Waals surface area contributed by atoms with Crippen LogP contribution in [0.25, 0.3) is 97.9 Å². The molecule has 0 saturated heterocycles. The highest BCUT2D eigenvalue weighted by Gasteiger charge is 2.20. The van der Waals surface area contributed by atoms with Crippen molar-refractivity contribution in [3.8, 4) is 0 Å². The Morgan fingerprint density at radius 3 is 2.00 bits per heavy atom. The van der Waals surface area contributed by atoms with Gasteiger partial charge in [0.15, 0.2) is 0 Å². The van der Waals surface area contributed by atoms with Gasteiger partial charge in [-0.05, 0) is 98.4 Å². The summed E-state index contributed by atoms with van der Waals surface area (Å²) in [5.74, 6) is 0. The summed E-state index contributed by atoms with van der Waals surface area (Å²) in [6.45, 7) is 4.60. The van der Waals surface area contributed by atoms with Gasteiger partial charge in [-0.2, -0.15) is 0 Å². The number of nitrogens with zero attached hydrogens (tertiary/aromatic N) is 2. The average molecular weight is 745 g/mol. The maximum atomic E-state index is 4.60. The van der Waals surface area contributed by atoms with E-state index in [1.807, 2.05) is 11.3 Å². The molecule has 3 heterocycles. The van der Waals surface area contributed by atoms with Crippen molar-refractivity contribution in [2.75, 3.05) is 4.90 Å². The van der Waals surface area contributed by atoms with E-state index in [9.17, 15) is 0 Å². The molecule has 12 rings (SSSR count). The first-order valence-electron chi connectivity index (χ1n) is 19.7. The monoisotopic (exact) mass is 744 g/mol. The molecule has 1 atom stereocenters. The van der Waals surface area contributed by atoms with Gasteiger partial charge in [0.2, 0.25) is 0 Å². The standard InChI is InChI=1S/C54H36N2S/c1-34-39-18-10-19-47-45-16-6-8-20-51(45)56(54(39)47)50(34)21-11-31-55(38-28-29-44-42-14-3-2-12-40(42)41-13-4-5-15-43(41)48(44)33-38)37-26-23-35(24-27-37)36-25-30-53-49(32-36)46-17-7-9-22-52(46)57-53/h2-26,28-33,37H,1,27H2. The Labute approximate surface area is 333 Å². The van der Waals surface area contributed by atoms with Crippen molar-refractivity contribution in [2.24, 2.45) is 0 Å². The van der Waals surface area contributed by atoms with Gasteiger partial charge in [-0.15, -0.1) is 11.3 Å². The van der Waals surface area contributed by atoms with E-state index in [-0.39, 0.29) is 6.04 Å². The summed E-state index contributed by atoms with van der Waals surface area (Å²) >= 11 is 1.87. The molecule has 0 bridgehead atoms. The fraction of sp³-hybridized carbons (Fsp3) is 0.0370. The Bertz CT molecular complexity index is 3620. The maximum absolute atomic E-state index is 4.60. The summed E-state index contributed by atoms with van der Waals surface area (Å²) in [5, 5.41) is 16.3. The number of thiophene rings is 1. The molecule has 0 spiro atoms. The molecule has 1 aliphatic rings. The summed E-state index contributed by atoms with van der Waals surface area (Å²) < 4.78 is 5.07. The van der Waals surface area contributed by atoms with E-state index >= 15 is 0 Å². The fourth-order valence-electron chi connectivity index (χ4n) is 9.57. The van der Waals surface area contributed by atoms with Gasteiger partial charge in [-0.1, -0.05) is 140 Å². The first kappa shape index (κ1) is 32.3. The van der Waals surface area contributed by atoms with Gasteiger partial charge in [-0.3, -0.25) is 0 Å². The van der Waals surface area contributed by atoms with Crippen molar-refractivity contribution >= 4 is 115 Å². The lowest BCUT2D eigenvalue weighted by molar-refractivity contribution is 0.782. The van der Waals surface area contributed by atoms with Crippen molar-refractivity contribution in [3.63, 3.8) is 0 Å². The SMILES string of the molecule is C=c1c(=CC=CN(c2ccc3c4ccccc4c4ccccc4c3c2)C2C=CC(c3ccc4sc5ccccc5c4c3)=CC2)n2c3ccccc3c3cccc1c32. The second-order valence-corrected chi connectivity index (χ2v) is 16.4. The summed E-state index contributed by atoms with van der Waals surface area (Å²) in [7, 11) is 0. The van der Waals surface area contributed by atoms with Crippen LogP contribution in [0, 0.1) is 0 Å². The molecule has 3 heteroatoms. The molecular formula is C54H36N2S. The second-order valence-electron chi connectivity index (χ2n) is 15.3. The van der Waals surface area contributed by atoms with Gasteiger partial charge in [0.25, 0.3) is 0 Å². The van der Waals surface area contributed by atoms with E-state index in [2.05, 4.69) is 204 Å². The Kier molecular flexibility index (Phi) is 7.11. The zero-order valence-electron chi connectivity index (χ0n) is 31.2. The largest absolute Gasteiger partial charge is 0.341 e. The van der Waals surface area contributed by atoms with Crippen LogP contribution >= 0.6 is 11.3 Å². The molecule has 0 N–H and O–H groups in total. The number of anilines is 1. The number of hydrogen-bond acceptors (Lipinski definition) is 2. The van der Waals surface area contributed by atoms with Crippen molar-refractivity contribution in [2.45, 2.75) is 12.5 Å². The average Bonchev–Trinajstić information content (AvgIpc) is 3.91. The van der Waals surface area contributed by atoms with Crippen molar-refractivity contribution in [1.29, 1.82) is 0 Å². The highest BCUT2D eigenvalue weighted by atomic mass is 32.1. The van der Waals surface area contributed by atoms with Crippen LogP contribution in [0.2, 0.25) is 0 Å². The highest BCUT2D eigenvalue weighted by Crippen LogP contribution is 2.39. The minimum absolute atomic E-state index is 0.126. The number of fused-ring (bicyclic) bond motifs is 12. The molecule has 0 radical (unpaired) electrons. The van der Waals surface area contributed by atoms with Gasteiger partial charge in [0.05, 0.1) is 22.4 Å². The van der Waals surface area contributed by atoms with E-state index in [1.54, 1.807) is 0 Å². The van der Waals surface area contributed by atoms with E-state index in [0.717, 1.165) is 22.7 Å². The van der Waals surface area contributed by atoms with Crippen LogP contribution in [0.4, 0.5) is 5.69 Å². The van der Waals surface area contributed by atoms with Crippen LogP contribution in [0.15, 0.2) is 182 Å². The van der Waals surface area contributed by atoms with Crippen LogP contribution in [-0.2, 0) is 0 Å². The summed E-state index contributed by atoms with van der Waals surface area (Å²) in [4.78, 5) is 2.45. The molecule has 57 heavy (non-hydrogen) atoms. The molecule has 1 unspecified atom stereocenters. The third kappa shape index (κ3) is 4.89. The molecule has 1 aliphatic carbocycles. The zero-order chi connectivity index (χ0) is 37.6. The van der Waals surface area contributed by atoms with E-state index in [4.69, 9.17) is 0 Å². The second kappa shape index (κ2) is 12.5. The molecule has 8 aromatic carbocycles. The Morgan fingerprint density at radius 1 is 0.579 bits per heavy atom. The molecule has 3 aromatic heterocycles. The van der Waals surface area contributed by atoms with Gasteiger partial charge < -0.3 is 9.30 Å². The summed E-state index contributed by atoms with van der Waals surface area (Å²) in [6.07, 6.45) is 14.8. The highest BCUT2D eigenvalue weighted by molar-refractivity contribution is 7.25. The van der Waals surface area contributed by atoms with E-state index < -0.39 is 0 Å². The topological polar surface area (TPSA) is 7.65 Å². The number of para-hydroxylation sites is 2. The fourth-order valence-corrected chi connectivity index (χ4v) is 10.7. The van der Waals surface area contributed by atoms with Crippen LogP contribution in [0.1, 0.15) is 12.0 Å². The van der Waals surface area contributed by atoms with Crippen LogP contribution < -0.4 is 15.5 Å². The van der Waals surface area contributed by atoms with Crippen LogP contribution in [0.3, 0.4) is 0 Å². The number of rotatable bonds is 5. The summed E-state index contributed by atoms with van der Waals surface area (Å²) in [5.41, 5.74) is 6.16. The van der Waals surface area contributed by atoms with Crippen LogP contribution in [0.5, 0.6) is 0 Å². The third-order valence-electron chi connectivity index (χ3n) is 12.2. The molecule has 0 saturated carbocycles. The van der Waals surface area contributed by atoms with Crippen molar-refractivity contribution in [3.05, 3.63) is 198 Å². The molecular weight excluding hydrogens is 709 g/mol. The van der Waals surface area contributed by atoms with Gasteiger partial charge in [0, 0.05) is 53.4 Å². The third-order valence-corrected chi connectivity index (χ3v) is 13.4. The van der Waals surface area contributed by atoms with Crippen molar-refractivity contribution < 1.29 is 0 Å². The van der Waals surface area contributed by atoms with Crippen molar-refractivity contribution in [1.82, 2.24) is 4.40 Å². The first-order valence-corrected chi connectivity index (χ1v) is 20.5. The summed E-state index contributed by atoms with van der Waals surface area (Å²) in [6, 6.07) is 55.8. The van der Waals surface area contributed by atoms with Gasteiger partial charge >= 0.3 is 0 Å². The Morgan fingerprint density at radius 2 is 1.23 bits per heavy atom. The minimum Gasteiger partial charge on any atom is -0.341 e. The minimum atomic E-state index is 0.126. The van der Waals surface area contributed by atoms with Gasteiger partial charge in [-0.25, -0.2) is 0 Å². The lowest BCUT2D eigenvalue weighted by Gasteiger charge is -2.30. The Balaban J connectivity index is 0.997. The molecule has 2 nitrogen and oxygen atoms in total. The molecule has 0 aliphatic heterocycles. The number of aromatic nitrogens is 1. The molecule has 0 fully saturated rings. The van der Waals surface area contributed by atoms with E-state index in [0.29, 0.717) is 0 Å².